The van der Waals surface area contributed by atoms with Gasteiger partial charge in [0.2, 0.25) is 0 Å². The minimum absolute atomic E-state index is 0.0137. The second kappa shape index (κ2) is 12.2. The van der Waals surface area contributed by atoms with E-state index in [9.17, 15) is 13.9 Å². The van der Waals surface area contributed by atoms with Crippen LogP contribution in [0, 0.1) is 17.0 Å². The zero-order valence-electron chi connectivity index (χ0n) is 22.3. The maximum Gasteiger partial charge on any atom is 0.128 e. The molecule has 0 unspecified atom stereocenters. The fourth-order valence-electron chi connectivity index (χ4n) is 5.32. The van der Waals surface area contributed by atoms with Crippen LogP contribution in [0.3, 0.4) is 0 Å². The van der Waals surface area contributed by atoms with Gasteiger partial charge in [-0.25, -0.2) is 13.2 Å². The van der Waals surface area contributed by atoms with Gasteiger partial charge in [0.15, 0.2) is 0 Å². The van der Waals surface area contributed by atoms with Gasteiger partial charge < -0.3 is 25.0 Å². The van der Waals surface area contributed by atoms with Crippen LogP contribution in [-0.2, 0) is 0 Å². The van der Waals surface area contributed by atoms with E-state index >= 15 is 4.39 Å². The first kappa shape index (κ1) is 28.0. The lowest BCUT2D eigenvalue weighted by molar-refractivity contribution is 0.0316. The molecule has 1 fully saturated rings. The van der Waals surface area contributed by atoms with Crippen molar-refractivity contribution in [3.05, 3.63) is 59.8 Å². The molecule has 1 aliphatic heterocycles. The third-order valence-corrected chi connectivity index (χ3v) is 7.69. The van der Waals surface area contributed by atoms with E-state index in [2.05, 4.69) is 15.2 Å². The molecule has 4 rings (SSSR count). The van der Waals surface area contributed by atoms with Gasteiger partial charge in [0.1, 0.15) is 23.6 Å². The van der Waals surface area contributed by atoms with E-state index in [-0.39, 0.29) is 12.0 Å². The van der Waals surface area contributed by atoms with Crippen LogP contribution < -0.4 is 15.0 Å². The molecule has 0 radical (unpaired) electrons. The molecule has 0 saturated carbocycles. The third-order valence-electron chi connectivity index (χ3n) is 7.69. The number of likely N-dealkylation sites (tertiary alicyclic amines) is 1. The molecule has 6 nitrogen and oxygen atoms in total. The molecule has 0 aliphatic carbocycles. The second-order valence-electron chi connectivity index (χ2n) is 10.4. The Morgan fingerprint density at radius 3 is 2.47 bits per heavy atom. The summed E-state index contributed by atoms with van der Waals surface area (Å²) in [6.45, 7) is 2.82. The topological polar surface area (TPSA) is 60.9 Å². The summed E-state index contributed by atoms with van der Waals surface area (Å²) in [5.74, 6) is -0.568. The summed E-state index contributed by atoms with van der Waals surface area (Å²) in [5, 5.41) is 14.1. The number of aliphatic hydroxyl groups excluding tert-OH is 1. The molecule has 2 heterocycles. The zero-order chi connectivity index (χ0) is 27.3. The largest absolute Gasteiger partial charge is 0.497 e. The first-order chi connectivity index (χ1) is 18.2. The maximum absolute atomic E-state index is 16.0. The van der Waals surface area contributed by atoms with Gasteiger partial charge in [-0.05, 0) is 74.5 Å². The molecule has 3 aromatic rings. The standard InChI is InChI=1S/C29H37F3N4O2/c1-35(2)27-18-34-26-5-4-23(38-3)17-24(26)28(27)25(32)6-7-29(19-37)8-11-36(12-9-29)13-10-33-22-15-20(30)14-21(31)16-22/h4-5,14-18,25,33,37H,6-13,19H2,1-3H3/t25-/m1/s1. The summed E-state index contributed by atoms with van der Waals surface area (Å²) in [5.41, 5.74) is 2.13. The van der Waals surface area contributed by atoms with Crippen LogP contribution in [0.2, 0.25) is 0 Å². The number of nitrogens with one attached hydrogen (secondary N) is 1. The van der Waals surface area contributed by atoms with Gasteiger partial charge >= 0.3 is 0 Å². The predicted octanol–water partition coefficient (Wildman–Crippen LogP) is 5.57. The van der Waals surface area contributed by atoms with Crippen molar-refractivity contribution in [1.82, 2.24) is 9.88 Å². The Labute approximate surface area is 222 Å². The minimum Gasteiger partial charge on any atom is -0.497 e. The molecule has 2 N–H and O–H groups in total. The predicted molar refractivity (Wildman–Crippen MR) is 146 cm³/mol. The molecule has 0 spiro atoms. The number of aromatic nitrogens is 1. The highest BCUT2D eigenvalue weighted by Gasteiger charge is 2.35. The van der Waals surface area contributed by atoms with Crippen molar-refractivity contribution in [2.24, 2.45) is 5.41 Å². The monoisotopic (exact) mass is 530 g/mol. The number of piperidine rings is 1. The molecule has 1 saturated heterocycles. The summed E-state index contributed by atoms with van der Waals surface area (Å²) in [4.78, 5) is 8.65. The Hall–Kier alpha value is -3.04. The van der Waals surface area contributed by atoms with E-state index in [1.54, 1.807) is 13.3 Å². The number of fused-ring (bicyclic) bond motifs is 1. The van der Waals surface area contributed by atoms with Crippen LogP contribution in [0.5, 0.6) is 5.75 Å². The Morgan fingerprint density at radius 2 is 1.84 bits per heavy atom. The van der Waals surface area contributed by atoms with Crippen LogP contribution >= 0.6 is 0 Å². The highest BCUT2D eigenvalue weighted by molar-refractivity contribution is 5.88. The van der Waals surface area contributed by atoms with Gasteiger partial charge in [-0.1, -0.05) is 0 Å². The van der Waals surface area contributed by atoms with Gasteiger partial charge in [-0.15, -0.1) is 0 Å². The summed E-state index contributed by atoms with van der Waals surface area (Å²) in [6.07, 6.45) is 2.88. The smallest absolute Gasteiger partial charge is 0.128 e. The Morgan fingerprint density at radius 1 is 1.13 bits per heavy atom. The van der Waals surface area contributed by atoms with Crippen LogP contribution in [0.1, 0.15) is 37.4 Å². The van der Waals surface area contributed by atoms with Crippen molar-refractivity contribution in [1.29, 1.82) is 0 Å². The molecule has 206 valence electrons. The summed E-state index contributed by atoms with van der Waals surface area (Å²) >= 11 is 0. The number of aliphatic hydroxyl groups is 1. The van der Waals surface area contributed by atoms with Gasteiger partial charge in [0, 0.05) is 56.5 Å². The lowest BCUT2D eigenvalue weighted by atomic mass is 9.74. The average molecular weight is 531 g/mol. The minimum atomic E-state index is -1.22. The summed E-state index contributed by atoms with van der Waals surface area (Å²) < 4.78 is 48.2. The van der Waals surface area contributed by atoms with Crippen molar-refractivity contribution in [2.75, 3.05) is 64.2 Å². The Balaban J connectivity index is 1.37. The van der Waals surface area contributed by atoms with Gasteiger partial charge in [0.25, 0.3) is 0 Å². The van der Waals surface area contributed by atoms with Crippen molar-refractivity contribution >= 4 is 22.3 Å². The first-order valence-corrected chi connectivity index (χ1v) is 13.0. The number of nitrogens with zero attached hydrogens (tertiary/aromatic N) is 3. The van der Waals surface area contributed by atoms with Crippen molar-refractivity contribution in [3.8, 4) is 5.75 Å². The van der Waals surface area contributed by atoms with E-state index in [1.807, 2.05) is 37.2 Å². The van der Waals surface area contributed by atoms with E-state index < -0.39 is 17.8 Å². The molecule has 9 heteroatoms. The Kier molecular flexibility index (Phi) is 8.99. The molecule has 1 aliphatic rings. The number of anilines is 2. The number of hydrogen-bond donors (Lipinski definition) is 2. The SMILES string of the molecule is COc1ccc2ncc(N(C)C)c([C@H](F)CCC3(CO)CCN(CCNc4cc(F)cc(F)c4)CC3)c2c1. The zero-order valence-corrected chi connectivity index (χ0v) is 22.3. The number of hydrogen-bond acceptors (Lipinski definition) is 6. The highest BCUT2D eigenvalue weighted by Crippen LogP contribution is 2.42. The van der Waals surface area contributed by atoms with E-state index in [0.29, 0.717) is 48.4 Å². The molecule has 1 atom stereocenters. The van der Waals surface area contributed by atoms with Crippen LogP contribution in [0.15, 0.2) is 42.6 Å². The number of ether oxygens (including phenoxy) is 1. The number of methoxy groups -OCH3 is 1. The molecule has 0 amide bonds. The maximum atomic E-state index is 16.0. The molecule has 0 bridgehead atoms. The lowest BCUT2D eigenvalue weighted by Crippen LogP contribution is -2.43. The number of benzene rings is 2. The van der Waals surface area contributed by atoms with Crippen LogP contribution in [0.4, 0.5) is 24.5 Å². The first-order valence-electron chi connectivity index (χ1n) is 13.0. The van der Waals surface area contributed by atoms with Crippen LogP contribution in [0.25, 0.3) is 10.9 Å². The summed E-state index contributed by atoms with van der Waals surface area (Å²) in [6, 6.07) is 8.89. The molecular formula is C29H37F3N4O2. The molecule has 1 aromatic heterocycles. The van der Waals surface area contributed by atoms with E-state index in [0.717, 1.165) is 43.1 Å². The van der Waals surface area contributed by atoms with Gasteiger partial charge in [0.05, 0.1) is 24.5 Å². The third kappa shape index (κ3) is 6.50. The van der Waals surface area contributed by atoms with Gasteiger partial charge in [-0.2, -0.15) is 0 Å². The highest BCUT2D eigenvalue weighted by atomic mass is 19.1. The van der Waals surface area contributed by atoms with Crippen molar-refractivity contribution in [3.63, 3.8) is 0 Å². The number of pyridine rings is 1. The van der Waals surface area contributed by atoms with E-state index in [4.69, 9.17) is 4.74 Å². The average Bonchev–Trinajstić information content (AvgIpc) is 2.91. The number of alkyl halides is 1. The fraction of sp³-hybridized carbons (Fsp3) is 0.483. The molecular weight excluding hydrogens is 493 g/mol. The number of rotatable bonds is 11. The van der Waals surface area contributed by atoms with E-state index in [1.165, 1.54) is 12.1 Å². The molecule has 38 heavy (non-hydrogen) atoms. The van der Waals surface area contributed by atoms with Crippen LogP contribution in [-0.4, -0.2) is 69.0 Å². The Bertz CT molecular complexity index is 1210. The van der Waals surface area contributed by atoms with Crippen molar-refractivity contribution in [2.45, 2.75) is 31.9 Å². The lowest BCUT2D eigenvalue weighted by Gasteiger charge is -2.41. The number of halogens is 3. The fourth-order valence-corrected chi connectivity index (χ4v) is 5.32. The van der Waals surface area contributed by atoms with Gasteiger partial charge in [-0.3, -0.25) is 4.98 Å². The summed E-state index contributed by atoms with van der Waals surface area (Å²) in [7, 11) is 5.35. The normalized spacial score (nSPS) is 16.4. The van der Waals surface area contributed by atoms with Crippen molar-refractivity contribution < 1.29 is 23.0 Å². The second-order valence-corrected chi connectivity index (χ2v) is 10.4. The molecule has 2 aromatic carbocycles. The quantitative estimate of drug-likeness (QED) is 0.338.